The molecule has 3 N–H and O–H groups in total. The molecule has 0 radical (unpaired) electrons. The van der Waals surface area contributed by atoms with E-state index in [0.717, 1.165) is 4.88 Å². The summed E-state index contributed by atoms with van der Waals surface area (Å²) in [4.78, 5) is 12.7. The van der Waals surface area contributed by atoms with Crippen molar-refractivity contribution in [2.24, 2.45) is 0 Å². The van der Waals surface area contributed by atoms with Crippen LogP contribution < -0.4 is 5.32 Å². The van der Waals surface area contributed by atoms with Crippen LogP contribution in [-0.2, 0) is 5.60 Å². The van der Waals surface area contributed by atoms with Gasteiger partial charge in [-0.2, -0.15) is 0 Å². The highest BCUT2D eigenvalue weighted by molar-refractivity contribution is 7.10. The van der Waals surface area contributed by atoms with Gasteiger partial charge in [-0.1, -0.05) is 17.7 Å². The highest BCUT2D eigenvalue weighted by Gasteiger charge is 2.25. The Morgan fingerprint density at radius 2 is 2.20 bits per heavy atom. The summed E-state index contributed by atoms with van der Waals surface area (Å²) in [7, 11) is 0. The lowest BCUT2D eigenvalue weighted by atomic mass is 10.0. The third kappa shape index (κ3) is 3.30. The number of benzene rings is 1. The number of rotatable bonds is 4. The third-order valence-electron chi connectivity index (χ3n) is 2.85. The number of carbonyl (C=O) groups is 1. The zero-order valence-electron chi connectivity index (χ0n) is 10.8. The van der Waals surface area contributed by atoms with Gasteiger partial charge in [-0.3, -0.25) is 4.79 Å². The summed E-state index contributed by atoms with van der Waals surface area (Å²) < 4.78 is 0. The second kappa shape index (κ2) is 5.83. The summed E-state index contributed by atoms with van der Waals surface area (Å²) in [5, 5.41) is 24.8. The Kier molecular flexibility index (Phi) is 4.32. The molecule has 1 amide bonds. The van der Waals surface area contributed by atoms with Gasteiger partial charge in [-0.15, -0.1) is 11.3 Å². The normalized spacial score (nSPS) is 13.8. The first kappa shape index (κ1) is 14.8. The van der Waals surface area contributed by atoms with Gasteiger partial charge in [0.15, 0.2) is 0 Å². The molecule has 1 unspecified atom stereocenters. The van der Waals surface area contributed by atoms with Crippen LogP contribution in [0.5, 0.6) is 5.75 Å². The number of thiophene rings is 1. The number of phenolic OH excluding ortho intramolecular Hbond substituents is 1. The van der Waals surface area contributed by atoms with E-state index < -0.39 is 11.5 Å². The largest absolute Gasteiger partial charge is 0.507 e. The van der Waals surface area contributed by atoms with Crippen molar-refractivity contribution in [3.8, 4) is 5.75 Å². The molecule has 0 saturated heterocycles. The fourth-order valence-corrected chi connectivity index (χ4v) is 2.67. The number of halogens is 1. The second-order valence-electron chi connectivity index (χ2n) is 4.60. The SMILES string of the molecule is CC(O)(CNC(=O)c1ccc(Cl)cc1O)c1cccs1. The van der Waals surface area contributed by atoms with E-state index in [2.05, 4.69) is 5.32 Å². The van der Waals surface area contributed by atoms with E-state index in [9.17, 15) is 15.0 Å². The number of hydrogen-bond donors (Lipinski definition) is 3. The van der Waals surface area contributed by atoms with Gasteiger partial charge in [0, 0.05) is 9.90 Å². The topological polar surface area (TPSA) is 69.6 Å². The number of carbonyl (C=O) groups excluding carboxylic acids is 1. The molecular weight excluding hydrogens is 298 g/mol. The predicted octanol–water partition coefficient (Wildman–Crippen LogP) is 2.74. The average molecular weight is 312 g/mol. The molecule has 106 valence electrons. The van der Waals surface area contributed by atoms with Gasteiger partial charge in [0.1, 0.15) is 11.4 Å². The summed E-state index contributed by atoms with van der Waals surface area (Å²) >= 11 is 7.12. The molecule has 0 saturated carbocycles. The van der Waals surface area contributed by atoms with Crippen molar-refractivity contribution in [2.45, 2.75) is 12.5 Å². The highest BCUT2D eigenvalue weighted by atomic mass is 35.5. The molecule has 1 aromatic heterocycles. The van der Waals surface area contributed by atoms with Crippen LogP contribution in [0.1, 0.15) is 22.2 Å². The standard InChI is InChI=1S/C14H14ClNO3S/c1-14(19,12-3-2-6-20-12)8-16-13(18)10-5-4-9(15)7-11(10)17/h2-7,17,19H,8H2,1H3,(H,16,18). The van der Waals surface area contributed by atoms with Crippen LogP contribution in [0.3, 0.4) is 0 Å². The van der Waals surface area contributed by atoms with Crippen molar-refractivity contribution < 1.29 is 15.0 Å². The molecule has 1 aromatic carbocycles. The first-order chi connectivity index (χ1) is 9.40. The van der Waals surface area contributed by atoms with Crippen molar-refractivity contribution in [2.75, 3.05) is 6.54 Å². The Hall–Kier alpha value is -1.56. The molecule has 0 spiro atoms. The van der Waals surface area contributed by atoms with Crippen molar-refractivity contribution in [1.29, 1.82) is 0 Å². The fourth-order valence-electron chi connectivity index (χ4n) is 1.72. The predicted molar refractivity (Wildman–Crippen MR) is 79.3 cm³/mol. The molecule has 1 heterocycles. The van der Waals surface area contributed by atoms with Crippen molar-refractivity contribution in [3.63, 3.8) is 0 Å². The first-order valence-electron chi connectivity index (χ1n) is 5.93. The van der Waals surface area contributed by atoms with Crippen LogP contribution in [-0.4, -0.2) is 22.7 Å². The first-order valence-corrected chi connectivity index (χ1v) is 7.19. The molecule has 0 aliphatic carbocycles. The van der Waals surface area contributed by atoms with E-state index in [4.69, 9.17) is 11.6 Å². The number of phenols is 1. The molecule has 0 fully saturated rings. The summed E-state index contributed by atoms with van der Waals surface area (Å²) in [6.07, 6.45) is 0. The maximum atomic E-state index is 12.0. The van der Waals surface area contributed by atoms with Gasteiger partial charge in [-0.25, -0.2) is 0 Å². The van der Waals surface area contributed by atoms with Crippen LogP contribution in [0.15, 0.2) is 35.7 Å². The van der Waals surface area contributed by atoms with Gasteiger partial charge < -0.3 is 15.5 Å². The Balaban J connectivity index is 2.05. The van der Waals surface area contributed by atoms with Crippen molar-refractivity contribution in [1.82, 2.24) is 5.32 Å². The maximum Gasteiger partial charge on any atom is 0.255 e. The second-order valence-corrected chi connectivity index (χ2v) is 5.98. The minimum atomic E-state index is -1.15. The number of hydrogen-bond acceptors (Lipinski definition) is 4. The summed E-state index contributed by atoms with van der Waals surface area (Å²) in [6, 6.07) is 7.90. The monoisotopic (exact) mass is 311 g/mol. The molecule has 4 nitrogen and oxygen atoms in total. The summed E-state index contributed by atoms with van der Waals surface area (Å²) in [5.74, 6) is -0.651. The van der Waals surface area contributed by atoms with Crippen LogP contribution in [0.2, 0.25) is 5.02 Å². The Bertz CT molecular complexity index is 611. The van der Waals surface area contributed by atoms with Crippen molar-refractivity contribution in [3.05, 3.63) is 51.2 Å². The average Bonchev–Trinajstić information content (AvgIpc) is 2.90. The van der Waals surface area contributed by atoms with Crippen LogP contribution >= 0.6 is 22.9 Å². The minimum absolute atomic E-state index is 0.0500. The lowest BCUT2D eigenvalue weighted by Crippen LogP contribution is -2.38. The Morgan fingerprint density at radius 1 is 1.45 bits per heavy atom. The van der Waals surface area contributed by atoms with Gasteiger partial charge in [0.05, 0.1) is 12.1 Å². The number of nitrogens with one attached hydrogen (secondary N) is 1. The molecule has 0 aliphatic heterocycles. The molecular formula is C14H14ClNO3S. The molecule has 2 rings (SSSR count). The summed E-state index contributed by atoms with van der Waals surface area (Å²) in [5.41, 5.74) is -1.03. The molecule has 0 aliphatic rings. The number of amides is 1. The minimum Gasteiger partial charge on any atom is -0.507 e. The van der Waals surface area contributed by atoms with E-state index in [1.54, 1.807) is 13.0 Å². The van der Waals surface area contributed by atoms with Crippen molar-refractivity contribution >= 4 is 28.8 Å². The quantitative estimate of drug-likeness (QED) is 0.813. The highest BCUT2D eigenvalue weighted by Crippen LogP contribution is 2.25. The molecule has 1 atom stereocenters. The molecule has 0 bridgehead atoms. The number of aliphatic hydroxyl groups is 1. The maximum absolute atomic E-state index is 12.0. The zero-order valence-corrected chi connectivity index (χ0v) is 12.3. The number of aromatic hydroxyl groups is 1. The Labute approximate surface area is 125 Å². The summed E-state index contributed by atoms with van der Waals surface area (Å²) in [6.45, 7) is 1.68. The van der Waals surface area contributed by atoms with Gasteiger partial charge in [0.25, 0.3) is 5.91 Å². The Morgan fingerprint density at radius 3 is 2.80 bits per heavy atom. The van der Waals surface area contributed by atoms with Gasteiger partial charge >= 0.3 is 0 Å². The van der Waals surface area contributed by atoms with E-state index in [0.29, 0.717) is 5.02 Å². The lowest BCUT2D eigenvalue weighted by Gasteiger charge is -2.22. The fraction of sp³-hybridized carbons (Fsp3) is 0.214. The third-order valence-corrected chi connectivity index (χ3v) is 4.21. The van der Waals surface area contributed by atoms with Crippen LogP contribution in [0, 0.1) is 0 Å². The van der Waals surface area contributed by atoms with E-state index in [1.807, 2.05) is 11.4 Å². The van der Waals surface area contributed by atoms with Gasteiger partial charge in [-0.05, 0) is 36.6 Å². The smallest absolute Gasteiger partial charge is 0.255 e. The van der Waals surface area contributed by atoms with E-state index in [1.165, 1.54) is 29.5 Å². The molecule has 20 heavy (non-hydrogen) atoms. The molecule has 2 aromatic rings. The molecule has 6 heteroatoms. The van der Waals surface area contributed by atoms with Gasteiger partial charge in [0.2, 0.25) is 0 Å². The van der Waals surface area contributed by atoms with E-state index >= 15 is 0 Å². The van der Waals surface area contributed by atoms with E-state index in [-0.39, 0.29) is 17.9 Å². The van der Waals surface area contributed by atoms with Crippen LogP contribution in [0.25, 0.3) is 0 Å². The van der Waals surface area contributed by atoms with Crippen LogP contribution in [0.4, 0.5) is 0 Å². The lowest BCUT2D eigenvalue weighted by molar-refractivity contribution is 0.0556. The zero-order chi connectivity index (χ0) is 14.8.